The molecule has 0 aromatic heterocycles. The van der Waals surface area contributed by atoms with Crippen molar-refractivity contribution in [3.63, 3.8) is 0 Å². The summed E-state index contributed by atoms with van der Waals surface area (Å²) in [5.41, 5.74) is 2.40. The van der Waals surface area contributed by atoms with Gasteiger partial charge >= 0.3 is 0 Å². The Morgan fingerprint density at radius 3 is 2.90 bits per heavy atom. The fraction of sp³-hybridized carbons (Fsp3) is 0.667. The van der Waals surface area contributed by atoms with Crippen LogP contribution in [0.25, 0.3) is 0 Å². The first kappa shape index (κ1) is 7.52. The summed E-state index contributed by atoms with van der Waals surface area (Å²) in [5.74, 6) is 0. The van der Waals surface area contributed by atoms with Crippen LogP contribution in [0.15, 0.2) is 11.6 Å². The van der Waals surface area contributed by atoms with Gasteiger partial charge in [0.2, 0.25) is 0 Å². The topological polar surface area (TPSA) is 23.9 Å². The molecular weight excluding hydrogens is 122 g/mol. The van der Waals surface area contributed by atoms with Crippen molar-refractivity contribution in [1.29, 1.82) is 5.41 Å². The molecule has 1 nitrogen and oxygen atoms in total. The van der Waals surface area contributed by atoms with Gasteiger partial charge in [-0.15, -0.1) is 0 Å². The van der Waals surface area contributed by atoms with Crippen molar-refractivity contribution in [1.82, 2.24) is 0 Å². The molecule has 1 rings (SSSR count). The monoisotopic (exact) mass is 137 g/mol. The lowest BCUT2D eigenvalue weighted by atomic mass is 10.00. The zero-order valence-corrected chi connectivity index (χ0v) is 6.61. The van der Waals surface area contributed by atoms with Gasteiger partial charge in [0, 0.05) is 5.71 Å². The average molecular weight is 137 g/mol. The Morgan fingerprint density at radius 1 is 1.30 bits per heavy atom. The Kier molecular flexibility index (Phi) is 2.67. The summed E-state index contributed by atoms with van der Waals surface area (Å²) in [6, 6.07) is 0. The van der Waals surface area contributed by atoms with E-state index >= 15 is 0 Å². The SMILES string of the molecule is C/C1=C/CCCC(=N)CC1. The van der Waals surface area contributed by atoms with Crippen LogP contribution in [0.1, 0.15) is 39.0 Å². The van der Waals surface area contributed by atoms with Crippen molar-refractivity contribution < 1.29 is 0 Å². The van der Waals surface area contributed by atoms with Crippen LogP contribution in [-0.4, -0.2) is 5.71 Å². The summed E-state index contributed by atoms with van der Waals surface area (Å²) in [6.45, 7) is 2.17. The molecule has 0 saturated heterocycles. The van der Waals surface area contributed by atoms with E-state index in [1.807, 2.05) is 0 Å². The van der Waals surface area contributed by atoms with E-state index in [4.69, 9.17) is 5.41 Å². The Labute approximate surface area is 62.6 Å². The molecule has 0 fully saturated rings. The van der Waals surface area contributed by atoms with Crippen molar-refractivity contribution in [2.24, 2.45) is 0 Å². The summed E-state index contributed by atoms with van der Waals surface area (Å²) < 4.78 is 0. The number of allylic oxidation sites excluding steroid dienone is 2. The molecule has 1 N–H and O–H groups in total. The molecule has 56 valence electrons. The fourth-order valence-electron chi connectivity index (χ4n) is 1.24. The van der Waals surface area contributed by atoms with Gasteiger partial charge in [-0.2, -0.15) is 0 Å². The highest BCUT2D eigenvalue weighted by Gasteiger charge is 2.01. The lowest BCUT2D eigenvalue weighted by Gasteiger charge is -2.07. The van der Waals surface area contributed by atoms with Gasteiger partial charge in [0.25, 0.3) is 0 Å². The smallest absolute Gasteiger partial charge is 0.00924 e. The van der Waals surface area contributed by atoms with E-state index in [0.717, 1.165) is 25.0 Å². The maximum Gasteiger partial charge on any atom is 0.00924 e. The van der Waals surface area contributed by atoms with Gasteiger partial charge in [0.1, 0.15) is 0 Å². The highest BCUT2D eigenvalue weighted by molar-refractivity contribution is 5.81. The maximum atomic E-state index is 7.49. The maximum absolute atomic E-state index is 7.49. The molecule has 0 amide bonds. The molecule has 0 saturated carbocycles. The van der Waals surface area contributed by atoms with Gasteiger partial charge < -0.3 is 5.41 Å². The first-order valence-electron chi connectivity index (χ1n) is 4.01. The predicted octanol–water partition coefficient (Wildman–Crippen LogP) is 2.92. The molecule has 1 heteroatoms. The fourth-order valence-corrected chi connectivity index (χ4v) is 1.24. The van der Waals surface area contributed by atoms with Crippen molar-refractivity contribution in [3.05, 3.63) is 11.6 Å². The molecule has 0 bridgehead atoms. The third-order valence-corrected chi connectivity index (χ3v) is 2.00. The summed E-state index contributed by atoms with van der Waals surface area (Å²) >= 11 is 0. The van der Waals surface area contributed by atoms with Crippen molar-refractivity contribution in [3.8, 4) is 0 Å². The lowest BCUT2D eigenvalue weighted by Crippen LogP contribution is -1.99. The van der Waals surface area contributed by atoms with Gasteiger partial charge in [-0.1, -0.05) is 11.6 Å². The van der Waals surface area contributed by atoms with E-state index in [9.17, 15) is 0 Å². The Bertz CT molecular complexity index is 156. The minimum absolute atomic E-state index is 0.937. The zero-order chi connectivity index (χ0) is 7.40. The Morgan fingerprint density at radius 2 is 2.10 bits per heavy atom. The zero-order valence-electron chi connectivity index (χ0n) is 6.61. The summed E-state index contributed by atoms with van der Waals surface area (Å²) in [6.07, 6.45) is 7.78. The molecule has 0 unspecified atom stereocenters. The molecule has 0 atom stereocenters. The molecule has 10 heavy (non-hydrogen) atoms. The predicted molar refractivity (Wildman–Crippen MR) is 44.6 cm³/mol. The molecule has 1 aliphatic carbocycles. The van der Waals surface area contributed by atoms with Gasteiger partial charge in [-0.05, 0) is 39.0 Å². The highest BCUT2D eigenvalue weighted by atomic mass is 14.4. The Balaban J connectivity index is 2.46. The second kappa shape index (κ2) is 3.55. The second-order valence-corrected chi connectivity index (χ2v) is 3.05. The molecule has 1 aliphatic rings. The minimum Gasteiger partial charge on any atom is -0.310 e. The molecule has 0 heterocycles. The number of hydrogen-bond donors (Lipinski definition) is 1. The van der Waals surface area contributed by atoms with E-state index in [1.54, 1.807) is 0 Å². The first-order valence-corrected chi connectivity index (χ1v) is 4.01. The van der Waals surface area contributed by atoms with Crippen LogP contribution < -0.4 is 0 Å². The molecule has 0 radical (unpaired) electrons. The average Bonchev–Trinajstić information content (AvgIpc) is 1.90. The van der Waals surface area contributed by atoms with Gasteiger partial charge in [-0.3, -0.25) is 0 Å². The normalized spacial score (nSPS) is 26.5. The number of nitrogens with one attached hydrogen (secondary N) is 1. The molecular formula is C9H15N. The third kappa shape index (κ3) is 2.34. The second-order valence-electron chi connectivity index (χ2n) is 3.05. The quantitative estimate of drug-likeness (QED) is 0.496. The van der Waals surface area contributed by atoms with Crippen molar-refractivity contribution in [2.75, 3.05) is 0 Å². The largest absolute Gasteiger partial charge is 0.310 e. The van der Waals surface area contributed by atoms with E-state index < -0.39 is 0 Å². The molecule has 0 aromatic carbocycles. The van der Waals surface area contributed by atoms with Crippen LogP contribution in [0.3, 0.4) is 0 Å². The minimum atomic E-state index is 0.937. The van der Waals surface area contributed by atoms with Crippen molar-refractivity contribution >= 4 is 5.71 Å². The van der Waals surface area contributed by atoms with Crippen LogP contribution >= 0.6 is 0 Å². The van der Waals surface area contributed by atoms with E-state index in [2.05, 4.69) is 13.0 Å². The van der Waals surface area contributed by atoms with Gasteiger partial charge in [0.15, 0.2) is 0 Å². The van der Waals surface area contributed by atoms with Crippen LogP contribution in [0, 0.1) is 5.41 Å². The van der Waals surface area contributed by atoms with Crippen LogP contribution in [-0.2, 0) is 0 Å². The summed E-state index contributed by atoms with van der Waals surface area (Å²) in [4.78, 5) is 0. The molecule has 0 spiro atoms. The highest BCUT2D eigenvalue weighted by Crippen LogP contribution is 2.13. The van der Waals surface area contributed by atoms with Crippen LogP contribution in [0.5, 0.6) is 0 Å². The number of rotatable bonds is 0. The molecule has 0 aliphatic heterocycles. The number of hydrogen-bond acceptors (Lipinski definition) is 1. The first-order chi connectivity index (χ1) is 4.79. The standard InChI is InChI=1S/C9H15N/c1-8-4-2-3-5-9(10)7-6-8/h4,10H,2-3,5-7H2,1H3/b8-4-,10-9?. The van der Waals surface area contributed by atoms with Crippen LogP contribution in [0.4, 0.5) is 0 Å². The summed E-state index contributed by atoms with van der Waals surface area (Å²) in [5, 5.41) is 7.49. The van der Waals surface area contributed by atoms with E-state index in [-0.39, 0.29) is 0 Å². The van der Waals surface area contributed by atoms with E-state index in [0.29, 0.717) is 0 Å². The van der Waals surface area contributed by atoms with Gasteiger partial charge in [0.05, 0.1) is 0 Å². The van der Waals surface area contributed by atoms with Crippen LogP contribution in [0.2, 0.25) is 0 Å². The molecule has 0 aromatic rings. The lowest BCUT2D eigenvalue weighted by molar-refractivity contribution is 0.823. The van der Waals surface area contributed by atoms with Gasteiger partial charge in [-0.25, -0.2) is 0 Å². The van der Waals surface area contributed by atoms with Crippen molar-refractivity contribution in [2.45, 2.75) is 39.0 Å². The van der Waals surface area contributed by atoms with E-state index in [1.165, 1.54) is 18.4 Å². The summed E-state index contributed by atoms with van der Waals surface area (Å²) in [7, 11) is 0. The Hall–Kier alpha value is -0.590. The third-order valence-electron chi connectivity index (χ3n) is 2.00.